The number of ether oxygens (including phenoxy) is 1. The second-order valence-corrected chi connectivity index (χ2v) is 7.65. The smallest absolute Gasteiger partial charge is 0.275 e. The van der Waals surface area contributed by atoms with Crippen LogP contribution < -0.4 is 15.4 Å². The van der Waals surface area contributed by atoms with Crippen LogP contribution in [0.1, 0.15) is 60.9 Å². The second kappa shape index (κ2) is 10.3. The molecule has 0 spiro atoms. The topological polar surface area (TPSA) is 97.4 Å². The molecule has 0 unspecified atom stereocenters. The molecule has 28 heavy (non-hydrogen) atoms. The van der Waals surface area contributed by atoms with Gasteiger partial charge in [-0.25, -0.2) is 4.98 Å². The lowest BCUT2D eigenvalue weighted by atomic mass is 10.0. The Hall–Kier alpha value is -2.26. The quantitative estimate of drug-likeness (QED) is 0.511. The summed E-state index contributed by atoms with van der Waals surface area (Å²) in [5.41, 5.74) is 0.906. The van der Waals surface area contributed by atoms with Gasteiger partial charge in [0.1, 0.15) is 11.4 Å². The van der Waals surface area contributed by atoms with Crippen molar-refractivity contribution in [1.82, 2.24) is 4.98 Å². The first kappa shape index (κ1) is 22.0. The van der Waals surface area contributed by atoms with Crippen molar-refractivity contribution < 1.29 is 19.1 Å². The molecule has 0 fully saturated rings. The SMILES string of the molecule is CCCOc1ccc(C(=O)CCC)c(NC(=O)c2csc(NC(C)=O)n2)c1Br. The van der Waals surface area contributed by atoms with Gasteiger partial charge in [0, 0.05) is 24.3 Å². The van der Waals surface area contributed by atoms with Gasteiger partial charge in [-0.15, -0.1) is 11.3 Å². The molecule has 1 heterocycles. The van der Waals surface area contributed by atoms with Gasteiger partial charge in [0.15, 0.2) is 10.9 Å². The standard InChI is InChI=1S/C19H22BrN3O4S/c1-4-6-14(25)12-7-8-15(27-9-5-2)16(20)17(12)23-18(26)13-10-28-19(22-13)21-11(3)24/h7-8,10H,4-6,9H2,1-3H3,(H,23,26)(H,21,22,24). The van der Waals surface area contributed by atoms with Gasteiger partial charge in [-0.05, 0) is 40.9 Å². The maximum Gasteiger partial charge on any atom is 0.275 e. The van der Waals surface area contributed by atoms with E-state index in [2.05, 4.69) is 31.5 Å². The lowest BCUT2D eigenvalue weighted by Gasteiger charge is -2.15. The predicted molar refractivity (Wildman–Crippen MR) is 114 cm³/mol. The molecule has 7 nitrogen and oxygen atoms in total. The molecule has 0 aliphatic rings. The van der Waals surface area contributed by atoms with Crippen LogP contribution in [0.5, 0.6) is 5.75 Å². The number of halogens is 1. The van der Waals surface area contributed by atoms with E-state index in [0.717, 1.165) is 17.8 Å². The summed E-state index contributed by atoms with van der Waals surface area (Å²) < 4.78 is 6.19. The number of rotatable bonds is 9. The van der Waals surface area contributed by atoms with E-state index < -0.39 is 5.91 Å². The number of ketones is 1. The molecule has 1 aromatic carbocycles. The molecule has 0 aliphatic carbocycles. The van der Waals surface area contributed by atoms with Gasteiger partial charge < -0.3 is 15.4 Å². The molecule has 2 aromatic rings. The summed E-state index contributed by atoms with van der Waals surface area (Å²) in [7, 11) is 0. The summed E-state index contributed by atoms with van der Waals surface area (Å²) in [5.74, 6) is -0.274. The van der Waals surface area contributed by atoms with Crippen molar-refractivity contribution in [1.29, 1.82) is 0 Å². The third-order valence-corrected chi connectivity index (χ3v) is 5.15. The fraction of sp³-hybridized carbons (Fsp3) is 0.368. The maximum absolute atomic E-state index is 12.7. The van der Waals surface area contributed by atoms with Gasteiger partial charge >= 0.3 is 0 Å². The zero-order valence-corrected chi connectivity index (χ0v) is 18.3. The van der Waals surface area contributed by atoms with Crippen LogP contribution in [0.4, 0.5) is 10.8 Å². The van der Waals surface area contributed by atoms with Crippen molar-refractivity contribution in [2.75, 3.05) is 17.2 Å². The second-order valence-electron chi connectivity index (χ2n) is 6.00. The minimum atomic E-state index is -0.480. The number of Topliss-reactive ketones (excluding diaryl/α,β-unsaturated/α-hetero) is 1. The number of thiazole rings is 1. The maximum atomic E-state index is 12.7. The van der Waals surface area contributed by atoms with E-state index in [4.69, 9.17) is 4.74 Å². The van der Waals surface area contributed by atoms with E-state index in [1.165, 1.54) is 6.92 Å². The highest BCUT2D eigenvalue weighted by molar-refractivity contribution is 9.10. The highest BCUT2D eigenvalue weighted by atomic mass is 79.9. The molecular formula is C19H22BrN3O4S. The Balaban J connectivity index is 2.34. The Morgan fingerprint density at radius 3 is 2.57 bits per heavy atom. The van der Waals surface area contributed by atoms with Crippen LogP contribution in [0, 0.1) is 0 Å². The monoisotopic (exact) mass is 467 g/mol. The molecule has 0 saturated heterocycles. The van der Waals surface area contributed by atoms with Crippen molar-refractivity contribution >= 4 is 55.7 Å². The van der Waals surface area contributed by atoms with Crippen LogP contribution in [-0.4, -0.2) is 29.2 Å². The summed E-state index contributed by atoms with van der Waals surface area (Å²) in [5, 5.41) is 7.18. The first-order chi connectivity index (χ1) is 13.4. The van der Waals surface area contributed by atoms with Crippen molar-refractivity contribution in [3.05, 3.63) is 33.2 Å². The number of carbonyl (C=O) groups is 3. The molecule has 0 aliphatic heterocycles. The van der Waals surface area contributed by atoms with Crippen molar-refractivity contribution in [2.24, 2.45) is 0 Å². The number of hydrogen-bond donors (Lipinski definition) is 2. The van der Waals surface area contributed by atoms with E-state index in [1.807, 2.05) is 13.8 Å². The molecule has 1 aromatic heterocycles. The van der Waals surface area contributed by atoms with Crippen LogP contribution in [0.3, 0.4) is 0 Å². The summed E-state index contributed by atoms with van der Waals surface area (Å²) in [6, 6.07) is 3.38. The van der Waals surface area contributed by atoms with Gasteiger partial charge in [0.25, 0.3) is 5.91 Å². The van der Waals surface area contributed by atoms with Crippen LogP contribution in [0.2, 0.25) is 0 Å². The van der Waals surface area contributed by atoms with Gasteiger partial charge in [0.05, 0.1) is 16.8 Å². The van der Waals surface area contributed by atoms with Crippen LogP contribution in [0.15, 0.2) is 22.0 Å². The average Bonchev–Trinajstić information content (AvgIpc) is 3.10. The number of hydrogen-bond acceptors (Lipinski definition) is 6. The average molecular weight is 468 g/mol. The van der Waals surface area contributed by atoms with Gasteiger partial charge in [-0.3, -0.25) is 14.4 Å². The fourth-order valence-corrected chi connectivity index (χ4v) is 3.66. The van der Waals surface area contributed by atoms with Crippen LogP contribution >= 0.6 is 27.3 Å². The first-order valence-electron chi connectivity index (χ1n) is 8.90. The van der Waals surface area contributed by atoms with Gasteiger partial charge in [-0.1, -0.05) is 13.8 Å². The fourth-order valence-electron chi connectivity index (χ4n) is 2.36. The molecule has 150 valence electrons. The minimum Gasteiger partial charge on any atom is -0.492 e. The molecule has 0 atom stereocenters. The molecule has 2 rings (SSSR count). The molecule has 2 N–H and O–H groups in total. The van der Waals surface area contributed by atoms with E-state index in [-0.39, 0.29) is 17.4 Å². The molecular weight excluding hydrogens is 446 g/mol. The molecule has 0 bridgehead atoms. The number of amides is 2. The lowest BCUT2D eigenvalue weighted by molar-refractivity contribution is -0.114. The van der Waals surface area contributed by atoms with Crippen molar-refractivity contribution in [3.63, 3.8) is 0 Å². The predicted octanol–water partition coefficient (Wildman–Crippen LogP) is 4.89. The molecule has 2 amide bonds. The number of anilines is 2. The Kier molecular flexibility index (Phi) is 8.13. The van der Waals surface area contributed by atoms with Gasteiger partial charge in [0.2, 0.25) is 5.91 Å². The molecule has 0 radical (unpaired) electrons. The van der Waals surface area contributed by atoms with Gasteiger partial charge in [-0.2, -0.15) is 0 Å². The Bertz CT molecular complexity index is 882. The third-order valence-electron chi connectivity index (χ3n) is 3.60. The van der Waals surface area contributed by atoms with Crippen LogP contribution in [-0.2, 0) is 4.79 Å². The number of aromatic nitrogens is 1. The van der Waals surface area contributed by atoms with E-state index in [9.17, 15) is 14.4 Å². The third kappa shape index (κ3) is 5.62. The minimum absolute atomic E-state index is 0.0715. The summed E-state index contributed by atoms with van der Waals surface area (Å²) in [6.07, 6.45) is 1.90. The first-order valence-corrected chi connectivity index (χ1v) is 10.6. The number of nitrogens with zero attached hydrogens (tertiary/aromatic N) is 1. The zero-order valence-electron chi connectivity index (χ0n) is 15.9. The Morgan fingerprint density at radius 1 is 1.18 bits per heavy atom. The Morgan fingerprint density at radius 2 is 1.93 bits per heavy atom. The zero-order chi connectivity index (χ0) is 20.7. The summed E-state index contributed by atoms with van der Waals surface area (Å²) in [6.45, 7) is 5.79. The number of nitrogens with one attached hydrogen (secondary N) is 2. The number of carbonyl (C=O) groups excluding carboxylic acids is 3. The van der Waals surface area contributed by atoms with E-state index in [0.29, 0.717) is 46.1 Å². The van der Waals surface area contributed by atoms with Crippen molar-refractivity contribution in [2.45, 2.75) is 40.0 Å². The van der Waals surface area contributed by atoms with Crippen LogP contribution in [0.25, 0.3) is 0 Å². The summed E-state index contributed by atoms with van der Waals surface area (Å²) in [4.78, 5) is 40.4. The summed E-state index contributed by atoms with van der Waals surface area (Å²) >= 11 is 4.60. The highest BCUT2D eigenvalue weighted by Crippen LogP contribution is 2.37. The van der Waals surface area contributed by atoms with E-state index >= 15 is 0 Å². The van der Waals surface area contributed by atoms with E-state index in [1.54, 1.807) is 17.5 Å². The van der Waals surface area contributed by atoms with Crippen molar-refractivity contribution in [3.8, 4) is 5.75 Å². The molecule has 0 saturated carbocycles. The number of benzene rings is 1. The normalized spacial score (nSPS) is 10.4. The molecule has 9 heteroatoms. The largest absolute Gasteiger partial charge is 0.492 e. The highest BCUT2D eigenvalue weighted by Gasteiger charge is 2.21. The lowest BCUT2D eigenvalue weighted by Crippen LogP contribution is -2.16. The Labute approximate surface area is 176 Å².